The summed E-state index contributed by atoms with van der Waals surface area (Å²) in [4.78, 5) is 13.2. The zero-order valence-electron chi connectivity index (χ0n) is 49.2. The number of carbonyl (C=O) groups excluding carboxylic acids is 1. The number of amides is 1. The van der Waals surface area contributed by atoms with Crippen LogP contribution in [0.15, 0.2) is 48.6 Å². The summed E-state index contributed by atoms with van der Waals surface area (Å²) in [5.41, 5.74) is 0. The highest BCUT2D eigenvalue weighted by Gasteiger charge is 2.51. The normalized spacial score (nSPS) is 24.8. The first-order chi connectivity index (χ1) is 38.1. The van der Waals surface area contributed by atoms with Gasteiger partial charge < -0.3 is 65.1 Å². The molecule has 12 atom stereocenters. The Balaban J connectivity index is 1.70. The third-order valence-corrected chi connectivity index (χ3v) is 15.5. The molecule has 2 saturated heterocycles. The Bertz CT molecular complexity index is 1490. The van der Waals surface area contributed by atoms with Gasteiger partial charge in [0.1, 0.15) is 48.8 Å². The summed E-state index contributed by atoms with van der Waals surface area (Å²) in [6, 6.07) is -0.925. The predicted octanol–water partition coefficient (Wildman–Crippen LogP) is 11.6. The largest absolute Gasteiger partial charge is 0.394 e. The van der Waals surface area contributed by atoms with Crippen molar-refractivity contribution in [1.82, 2.24) is 5.32 Å². The van der Waals surface area contributed by atoms with E-state index in [1.807, 2.05) is 6.08 Å². The third kappa shape index (κ3) is 34.4. The molecule has 78 heavy (non-hydrogen) atoms. The van der Waals surface area contributed by atoms with Crippen molar-refractivity contribution >= 4 is 5.91 Å². The highest BCUT2D eigenvalue weighted by atomic mass is 16.7. The number of carbonyl (C=O) groups is 1. The van der Waals surface area contributed by atoms with E-state index in [9.17, 15) is 45.6 Å². The highest BCUT2D eigenvalue weighted by molar-refractivity contribution is 5.76. The Kier molecular flexibility index (Phi) is 45.8. The Morgan fingerprint density at radius 2 is 0.885 bits per heavy atom. The zero-order chi connectivity index (χ0) is 56.7. The molecule has 0 spiro atoms. The lowest BCUT2D eigenvalue weighted by Gasteiger charge is -2.46. The third-order valence-electron chi connectivity index (χ3n) is 15.5. The number of hydrogen-bond donors (Lipinski definition) is 9. The first-order valence-electron chi connectivity index (χ1n) is 31.9. The lowest BCUT2D eigenvalue weighted by molar-refractivity contribution is -0.359. The van der Waals surface area contributed by atoms with Crippen LogP contribution in [0.25, 0.3) is 0 Å². The predicted molar refractivity (Wildman–Crippen MR) is 314 cm³/mol. The molecule has 0 aromatic carbocycles. The van der Waals surface area contributed by atoms with E-state index in [0.29, 0.717) is 6.42 Å². The molecule has 0 aliphatic carbocycles. The summed E-state index contributed by atoms with van der Waals surface area (Å²) in [7, 11) is 0. The SMILES string of the molecule is CC/C=C\C/C=C\C/C=C\CCCCCCCC(=O)NC(COC1OC(CO)C(OC2OC(CO)C(O)C(O)C2O)C(O)C1O)C(O)/C=C/CCCCCCCCCCCCCCCCCCCCCCCCCCCCC. The fraction of sp³-hybridized carbons (Fsp3) is 0.859. The van der Waals surface area contributed by atoms with Gasteiger partial charge >= 0.3 is 0 Å². The number of hydrogen-bond acceptors (Lipinski definition) is 13. The molecule has 9 N–H and O–H groups in total. The molecule has 14 heteroatoms. The number of ether oxygens (including phenoxy) is 4. The van der Waals surface area contributed by atoms with Gasteiger partial charge in [0.05, 0.1) is 32.0 Å². The van der Waals surface area contributed by atoms with Gasteiger partial charge in [-0.15, -0.1) is 0 Å². The monoisotopic (exact) mass is 1110 g/mol. The average molecular weight is 1110 g/mol. The number of unbranched alkanes of at least 4 members (excludes halogenated alkanes) is 32. The number of rotatable bonds is 51. The molecule has 0 aromatic rings. The van der Waals surface area contributed by atoms with Gasteiger partial charge in [-0.2, -0.15) is 0 Å². The minimum absolute atomic E-state index is 0.255. The first-order valence-corrected chi connectivity index (χ1v) is 31.9. The highest BCUT2D eigenvalue weighted by Crippen LogP contribution is 2.30. The van der Waals surface area contributed by atoms with Gasteiger partial charge in [-0.3, -0.25) is 4.79 Å². The van der Waals surface area contributed by atoms with E-state index >= 15 is 0 Å². The van der Waals surface area contributed by atoms with Gasteiger partial charge in [-0.1, -0.05) is 249 Å². The minimum Gasteiger partial charge on any atom is -0.394 e. The maximum atomic E-state index is 13.2. The molecule has 2 aliphatic rings. The van der Waals surface area contributed by atoms with E-state index < -0.39 is 86.8 Å². The molecular weight excluding hydrogens is 991 g/mol. The van der Waals surface area contributed by atoms with Crippen LogP contribution in [-0.4, -0.2) is 140 Å². The average Bonchev–Trinajstić information content (AvgIpc) is 3.48. The topological polar surface area (TPSA) is 228 Å². The van der Waals surface area contributed by atoms with Crippen molar-refractivity contribution in [1.29, 1.82) is 0 Å². The smallest absolute Gasteiger partial charge is 0.220 e. The molecule has 0 saturated carbocycles. The van der Waals surface area contributed by atoms with Crippen molar-refractivity contribution < 1.29 is 64.6 Å². The lowest BCUT2D eigenvalue weighted by Crippen LogP contribution is -2.65. The summed E-state index contributed by atoms with van der Waals surface area (Å²) in [6.07, 6.45) is 46.0. The van der Waals surface area contributed by atoms with Gasteiger partial charge in [0.25, 0.3) is 0 Å². The van der Waals surface area contributed by atoms with Crippen LogP contribution in [0.5, 0.6) is 0 Å². The Morgan fingerprint density at radius 1 is 0.474 bits per heavy atom. The molecule has 1 amide bonds. The first kappa shape index (κ1) is 72.1. The summed E-state index contributed by atoms with van der Waals surface area (Å²) < 4.78 is 22.8. The summed E-state index contributed by atoms with van der Waals surface area (Å²) in [5, 5.41) is 87.2. The number of allylic oxidation sites excluding steroid dienone is 7. The van der Waals surface area contributed by atoms with Gasteiger partial charge in [-0.25, -0.2) is 0 Å². The Morgan fingerprint density at radius 3 is 1.36 bits per heavy atom. The van der Waals surface area contributed by atoms with Gasteiger partial charge in [-0.05, 0) is 51.4 Å². The van der Waals surface area contributed by atoms with Gasteiger partial charge in [0.15, 0.2) is 12.6 Å². The molecule has 12 unspecified atom stereocenters. The van der Waals surface area contributed by atoms with Crippen molar-refractivity contribution in [2.75, 3.05) is 19.8 Å². The van der Waals surface area contributed by atoms with Crippen molar-refractivity contribution in [2.45, 2.75) is 331 Å². The maximum absolute atomic E-state index is 13.2. The standard InChI is InChI=1S/C64H117NO13/c1-3-5-7-9-11-13-15-17-19-20-21-22-23-24-25-26-27-28-29-30-31-32-34-35-37-39-41-43-45-47-53(68)52(65-56(69)48-46-44-42-40-38-36-33-18-16-14-12-10-8-6-4-2)51-75-63-61(74)59(72)62(55(50-67)77-63)78-64-60(73)58(71)57(70)54(49-66)76-64/h6,8,12,14,18,33,45,47,52-55,57-64,66-68,70-74H,3-5,7,9-11,13,15-17,19-32,34-44,46,48-51H2,1-2H3,(H,65,69)/b8-6-,14-12-,33-18-,47-45+. The molecule has 2 aliphatic heterocycles. The Labute approximate surface area is 473 Å². The quantitative estimate of drug-likeness (QED) is 0.0204. The second kappa shape index (κ2) is 49.5. The van der Waals surface area contributed by atoms with Crippen LogP contribution >= 0.6 is 0 Å². The fourth-order valence-electron chi connectivity index (χ4n) is 10.4. The summed E-state index contributed by atoms with van der Waals surface area (Å²) in [6.45, 7) is 2.69. The number of aliphatic hydroxyl groups is 8. The molecule has 2 rings (SSSR count). The van der Waals surface area contributed by atoms with Crippen LogP contribution in [0.4, 0.5) is 0 Å². The van der Waals surface area contributed by atoms with Crippen molar-refractivity contribution in [3.05, 3.63) is 48.6 Å². The molecule has 14 nitrogen and oxygen atoms in total. The van der Waals surface area contributed by atoms with E-state index in [-0.39, 0.29) is 18.9 Å². The second-order valence-corrected chi connectivity index (χ2v) is 22.5. The summed E-state index contributed by atoms with van der Waals surface area (Å²) >= 11 is 0. The molecule has 2 fully saturated rings. The second-order valence-electron chi connectivity index (χ2n) is 22.5. The van der Waals surface area contributed by atoms with Crippen LogP contribution in [0.1, 0.15) is 258 Å². The molecule has 0 bridgehead atoms. The van der Waals surface area contributed by atoms with Gasteiger partial charge in [0, 0.05) is 6.42 Å². The molecule has 0 radical (unpaired) electrons. The van der Waals surface area contributed by atoms with E-state index in [2.05, 4.69) is 55.6 Å². The molecule has 456 valence electrons. The van der Waals surface area contributed by atoms with Crippen LogP contribution in [0.3, 0.4) is 0 Å². The van der Waals surface area contributed by atoms with Crippen molar-refractivity contribution in [3.63, 3.8) is 0 Å². The van der Waals surface area contributed by atoms with E-state index in [1.54, 1.807) is 6.08 Å². The van der Waals surface area contributed by atoms with E-state index in [1.165, 1.54) is 161 Å². The van der Waals surface area contributed by atoms with Crippen molar-refractivity contribution in [3.8, 4) is 0 Å². The number of aliphatic hydroxyl groups excluding tert-OH is 8. The Hall–Kier alpha value is -2.05. The van der Waals surface area contributed by atoms with Crippen molar-refractivity contribution in [2.24, 2.45) is 0 Å². The van der Waals surface area contributed by atoms with E-state index in [4.69, 9.17) is 18.9 Å². The lowest BCUT2D eigenvalue weighted by atomic mass is 9.97. The van der Waals surface area contributed by atoms with E-state index in [0.717, 1.165) is 70.6 Å². The van der Waals surface area contributed by atoms with Crippen LogP contribution in [0, 0.1) is 0 Å². The van der Waals surface area contributed by atoms with Crippen LogP contribution in [-0.2, 0) is 23.7 Å². The minimum atomic E-state index is -1.79. The maximum Gasteiger partial charge on any atom is 0.220 e. The van der Waals surface area contributed by atoms with Gasteiger partial charge in [0.2, 0.25) is 5.91 Å². The fourth-order valence-corrected chi connectivity index (χ4v) is 10.4. The molecule has 0 aromatic heterocycles. The molecular formula is C64H117NO13. The summed E-state index contributed by atoms with van der Waals surface area (Å²) in [5.74, 6) is -0.255. The molecule has 2 heterocycles. The zero-order valence-corrected chi connectivity index (χ0v) is 49.2. The number of nitrogens with one attached hydrogen (secondary N) is 1. The van der Waals surface area contributed by atoms with Crippen LogP contribution < -0.4 is 5.32 Å². The van der Waals surface area contributed by atoms with Crippen LogP contribution in [0.2, 0.25) is 0 Å².